The maximum Gasteiger partial charge on any atom is 0.193 e. The van der Waals surface area contributed by atoms with E-state index in [0.29, 0.717) is 22.4 Å². The second-order valence-electron chi connectivity index (χ2n) is 4.77. The molecule has 1 aromatic carbocycles. The lowest BCUT2D eigenvalue weighted by Crippen LogP contribution is -2.01. The van der Waals surface area contributed by atoms with Crippen molar-refractivity contribution in [2.24, 2.45) is 0 Å². The number of phenols is 1. The summed E-state index contributed by atoms with van der Waals surface area (Å²) < 4.78 is 7.60. The van der Waals surface area contributed by atoms with Gasteiger partial charge in [-0.05, 0) is 36.4 Å². The minimum atomic E-state index is -0.209. The molecule has 21 heavy (non-hydrogen) atoms. The maximum absolute atomic E-state index is 12.1. The third-order valence-electron chi connectivity index (χ3n) is 3.38. The first-order chi connectivity index (χ1) is 10.2. The molecule has 5 heteroatoms. The Morgan fingerprint density at radius 1 is 1.14 bits per heavy atom. The van der Waals surface area contributed by atoms with Crippen molar-refractivity contribution >= 4 is 16.5 Å². The number of fused-ring (bicyclic) bond motifs is 2. The quantitative estimate of drug-likeness (QED) is 0.581. The van der Waals surface area contributed by atoms with Crippen molar-refractivity contribution in [3.63, 3.8) is 0 Å². The van der Waals surface area contributed by atoms with Gasteiger partial charge in [0.05, 0.1) is 11.7 Å². The summed E-state index contributed by atoms with van der Waals surface area (Å²) in [4.78, 5) is 16.4. The van der Waals surface area contributed by atoms with Gasteiger partial charge >= 0.3 is 0 Å². The van der Waals surface area contributed by atoms with Gasteiger partial charge in [-0.3, -0.25) is 4.79 Å². The summed E-state index contributed by atoms with van der Waals surface area (Å²) in [5.74, 6) is 0.442. The van der Waals surface area contributed by atoms with Crippen molar-refractivity contribution in [2.75, 3.05) is 0 Å². The first kappa shape index (κ1) is 11.7. The summed E-state index contributed by atoms with van der Waals surface area (Å²) in [6.07, 6.45) is 3.57. The maximum atomic E-state index is 12.1. The van der Waals surface area contributed by atoms with Crippen LogP contribution in [0.25, 0.3) is 27.9 Å². The van der Waals surface area contributed by atoms with E-state index in [1.807, 2.05) is 28.8 Å². The van der Waals surface area contributed by atoms with Crippen LogP contribution in [0.15, 0.2) is 64.2 Å². The fourth-order valence-electron chi connectivity index (χ4n) is 2.34. The monoisotopic (exact) mass is 278 g/mol. The van der Waals surface area contributed by atoms with E-state index in [1.54, 1.807) is 12.4 Å². The molecule has 0 radical (unpaired) electrons. The lowest BCUT2D eigenvalue weighted by Gasteiger charge is -2.03. The van der Waals surface area contributed by atoms with E-state index in [1.165, 1.54) is 18.2 Å². The minimum Gasteiger partial charge on any atom is -0.508 e. The molecule has 0 spiro atoms. The van der Waals surface area contributed by atoms with Gasteiger partial charge in [0.1, 0.15) is 17.0 Å². The molecule has 0 amide bonds. The molecule has 0 saturated heterocycles. The van der Waals surface area contributed by atoms with Crippen molar-refractivity contribution in [3.8, 4) is 17.2 Å². The Hall–Kier alpha value is -3.08. The van der Waals surface area contributed by atoms with Gasteiger partial charge in [0.25, 0.3) is 0 Å². The first-order valence-electron chi connectivity index (χ1n) is 6.41. The summed E-state index contributed by atoms with van der Waals surface area (Å²) in [5, 5.41) is 9.79. The zero-order chi connectivity index (χ0) is 14.4. The zero-order valence-corrected chi connectivity index (χ0v) is 10.9. The van der Waals surface area contributed by atoms with Crippen LogP contribution in [0.3, 0.4) is 0 Å². The Morgan fingerprint density at radius 3 is 2.95 bits per heavy atom. The van der Waals surface area contributed by atoms with Crippen LogP contribution < -0.4 is 5.43 Å². The Bertz CT molecular complexity index is 1030. The highest BCUT2D eigenvalue weighted by atomic mass is 16.3. The number of hydrogen-bond donors (Lipinski definition) is 1. The highest BCUT2D eigenvalue weighted by Gasteiger charge is 2.09. The van der Waals surface area contributed by atoms with E-state index in [9.17, 15) is 9.90 Å². The topological polar surface area (TPSA) is 67.7 Å². The smallest absolute Gasteiger partial charge is 0.193 e. The van der Waals surface area contributed by atoms with Crippen LogP contribution >= 0.6 is 0 Å². The lowest BCUT2D eigenvalue weighted by molar-refractivity contribution is 0.475. The van der Waals surface area contributed by atoms with Crippen LogP contribution in [0.5, 0.6) is 5.75 Å². The Morgan fingerprint density at radius 2 is 2.05 bits per heavy atom. The first-order valence-corrected chi connectivity index (χ1v) is 6.41. The zero-order valence-electron chi connectivity index (χ0n) is 10.9. The van der Waals surface area contributed by atoms with E-state index in [2.05, 4.69) is 4.98 Å². The molecular formula is C16H10N2O3. The number of nitrogens with zero attached hydrogens (tertiary/aromatic N) is 2. The fourth-order valence-corrected chi connectivity index (χ4v) is 2.34. The summed E-state index contributed by atoms with van der Waals surface area (Å²) in [5.41, 5.74) is 1.77. The highest BCUT2D eigenvalue weighted by molar-refractivity contribution is 5.80. The number of aromatic hydroxyl groups is 1. The molecule has 0 saturated carbocycles. The normalized spacial score (nSPS) is 11.2. The fraction of sp³-hybridized carbons (Fsp3) is 0. The number of phenolic OH excluding ortho intramolecular Hbond substituents is 1. The Balaban J connectivity index is 1.97. The van der Waals surface area contributed by atoms with E-state index >= 15 is 0 Å². The summed E-state index contributed by atoms with van der Waals surface area (Å²) in [6, 6.07) is 11.6. The predicted octanol–water partition coefficient (Wildman–Crippen LogP) is 2.81. The van der Waals surface area contributed by atoms with Crippen molar-refractivity contribution in [1.82, 2.24) is 9.38 Å². The molecule has 0 aliphatic rings. The molecular weight excluding hydrogens is 268 g/mol. The van der Waals surface area contributed by atoms with Crippen molar-refractivity contribution < 1.29 is 9.52 Å². The molecule has 0 bridgehead atoms. The van der Waals surface area contributed by atoms with Gasteiger partial charge in [0, 0.05) is 17.8 Å². The van der Waals surface area contributed by atoms with Gasteiger partial charge in [-0.25, -0.2) is 4.98 Å². The minimum absolute atomic E-state index is 0.0373. The Kier molecular flexibility index (Phi) is 2.35. The van der Waals surface area contributed by atoms with Crippen molar-refractivity contribution in [2.45, 2.75) is 0 Å². The molecule has 0 unspecified atom stereocenters. The van der Waals surface area contributed by atoms with Crippen LogP contribution in [-0.4, -0.2) is 14.5 Å². The van der Waals surface area contributed by atoms with Gasteiger partial charge in [-0.2, -0.15) is 0 Å². The van der Waals surface area contributed by atoms with E-state index in [-0.39, 0.29) is 11.2 Å². The van der Waals surface area contributed by atoms with Gasteiger partial charge in [-0.1, -0.05) is 0 Å². The van der Waals surface area contributed by atoms with E-state index in [4.69, 9.17) is 4.42 Å². The van der Waals surface area contributed by atoms with Gasteiger partial charge < -0.3 is 13.9 Å². The molecule has 4 rings (SSSR count). The average Bonchev–Trinajstić information content (AvgIpc) is 2.95. The SMILES string of the molecule is O=c1cc(-c2cc3cccn3cn2)oc2ccc(O)cc12. The van der Waals surface area contributed by atoms with E-state index in [0.717, 1.165) is 5.52 Å². The molecule has 0 aliphatic heterocycles. The lowest BCUT2D eigenvalue weighted by atomic mass is 10.2. The molecule has 3 heterocycles. The van der Waals surface area contributed by atoms with Crippen LogP contribution in [0, 0.1) is 0 Å². The molecule has 3 aromatic heterocycles. The van der Waals surface area contributed by atoms with Crippen LogP contribution in [-0.2, 0) is 0 Å². The predicted molar refractivity (Wildman–Crippen MR) is 78.3 cm³/mol. The summed E-state index contributed by atoms with van der Waals surface area (Å²) in [7, 11) is 0. The third-order valence-corrected chi connectivity index (χ3v) is 3.38. The number of benzene rings is 1. The van der Waals surface area contributed by atoms with Crippen molar-refractivity contribution in [1.29, 1.82) is 0 Å². The van der Waals surface area contributed by atoms with Gasteiger partial charge in [0.2, 0.25) is 0 Å². The second-order valence-corrected chi connectivity index (χ2v) is 4.77. The molecule has 102 valence electrons. The second kappa shape index (κ2) is 4.21. The van der Waals surface area contributed by atoms with Crippen molar-refractivity contribution in [3.05, 3.63) is 65.2 Å². The standard InChI is InChI=1S/C16H10N2O3/c19-11-3-4-15-12(7-11)14(20)8-16(21-15)13-6-10-2-1-5-18(10)9-17-13/h1-9,19H. The molecule has 1 N–H and O–H groups in total. The van der Waals surface area contributed by atoms with Crippen LogP contribution in [0.1, 0.15) is 0 Å². The summed E-state index contributed by atoms with van der Waals surface area (Å²) >= 11 is 0. The molecule has 5 nitrogen and oxygen atoms in total. The highest BCUT2D eigenvalue weighted by Crippen LogP contribution is 2.23. The number of rotatable bonds is 1. The molecule has 0 atom stereocenters. The third kappa shape index (κ3) is 1.87. The molecule has 4 aromatic rings. The number of aromatic nitrogens is 2. The molecule has 0 aliphatic carbocycles. The van der Waals surface area contributed by atoms with Gasteiger partial charge in [0.15, 0.2) is 11.2 Å². The molecule has 0 fully saturated rings. The largest absolute Gasteiger partial charge is 0.508 e. The number of hydrogen-bond acceptors (Lipinski definition) is 4. The van der Waals surface area contributed by atoms with E-state index < -0.39 is 0 Å². The van der Waals surface area contributed by atoms with Crippen LogP contribution in [0.2, 0.25) is 0 Å². The summed E-state index contributed by atoms with van der Waals surface area (Å²) in [6.45, 7) is 0. The Labute approximate surface area is 118 Å². The van der Waals surface area contributed by atoms with Crippen LogP contribution in [0.4, 0.5) is 0 Å². The average molecular weight is 278 g/mol. The van der Waals surface area contributed by atoms with Gasteiger partial charge in [-0.15, -0.1) is 0 Å².